The first-order valence-electron chi connectivity index (χ1n) is 6.46. The van der Waals surface area contributed by atoms with Gasteiger partial charge in [-0.15, -0.1) is 0 Å². The van der Waals surface area contributed by atoms with Gasteiger partial charge in [-0.1, -0.05) is 31.9 Å². The zero-order valence-electron chi connectivity index (χ0n) is 11.1. The number of rotatable bonds is 3. The molecule has 0 bridgehead atoms. The van der Waals surface area contributed by atoms with Crippen molar-refractivity contribution in [1.29, 1.82) is 0 Å². The van der Waals surface area contributed by atoms with Gasteiger partial charge in [0.25, 0.3) is 5.91 Å². The summed E-state index contributed by atoms with van der Waals surface area (Å²) in [6.07, 6.45) is 1.49. The zero-order chi connectivity index (χ0) is 14.7. The van der Waals surface area contributed by atoms with E-state index in [1.54, 1.807) is 24.0 Å². The molecule has 1 atom stereocenters. The van der Waals surface area contributed by atoms with Crippen molar-refractivity contribution in [2.75, 3.05) is 13.2 Å². The van der Waals surface area contributed by atoms with Crippen LogP contribution in [0.3, 0.4) is 0 Å². The summed E-state index contributed by atoms with van der Waals surface area (Å²) in [5.41, 5.74) is 0.558. The molecule has 0 aromatic heterocycles. The SMILES string of the molecule is CCOC(=O)C1CCCN1C(=O)c1cc(Br)cc(Br)c1. The lowest BCUT2D eigenvalue weighted by molar-refractivity contribution is -0.147. The summed E-state index contributed by atoms with van der Waals surface area (Å²) in [4.78, 5) is 26.0. The normalized spacial score (nSPS) is 18.1. The summed E-state index contributed by atoms with van der Waals surface area (Å²) in [7, 11) is 0. The molecule has 108 valence electrons. The maximum Gasteiger partial charge on any atom is 0.328 e. The maximum atomic E-state index is 12.5. The Balaban J connectivity index is 2.21. The Hall–Kier alpha value is -0.880. The van der Waals surface area contributed by atoms with Crippen molar-refractivity contribution in [3.05, 3.63) is 32.7 Å². The van der Waals surface area contributed by atoms with E-state index < -0.39 is 6.04 Å². The second kappa shape index (κ2) is 6.72. The van der Waals surface area contributed by atoms with Crippen molar-refractivity contribution in [3.63, 3.8) is 0 Å². The van der Waals surface area contributed by atoms with Gasteiger partial charge in [0.05, 0.1) is 6.61 Å². The summed E-state index contributed by atoms with van der Waals surface area (Å²) in [5.74, 6) is -0.449. The zero-order valence-corrected chi connectivity index (χ0v) is 14.2. The Labute approximate surface area is 134 Å². The molecule has 6 heteroatoms. The minimum absolute atomic E-state index is 0.137. The standard InChI is InChI=1S/C14H15Br2NO3/c1-2-20-14(19)12-4-3-5-17(12)13(18)9-6-10(15)8-11(16)7-9/h6-8,12H,2-5H2,1H3. The topological polar surface area (TPSA) is 46.6 Å². The summed E-state index contributed by atoms with van der Waals surface area (Å²) >= 11 is 6.73. The van der Waals surface area contributed by atoms with Crippen molar-refractivity contribution >= 4 is 43.7 Å². The lowest BCUT2D eigenvalue weighted by Crippen LogP contribution is -2.41. The Morgan fingerprint density at radius 2 is 1.95 bits per heavy atom. The van der Waals surface area contributed by atoms with Crippen molar-refractivity contribution in [2.24, 2.45) is 0 Å². The first-order chi connectivity index (χ1) is 9.52. The smallest absolute Gasteiger partial charge is 0.328 e. The molecular weight excluding hydrogens is 390 g/mol. The highest BCUT2D eigenvalue weighted by Crippen LogP contribution is 2.25. The van der Waals surface area contributed by atoms with Crippen LogP contribution in [0, 0.1) is 0 Å². The molecule has 1 aliphatic heterocycles. The molecule has 0 N–H and O–H groups in total. The van der Waals surface area contributed by atoms with E-state index in [-0.39, 0.29) is 11.9 Å². The molecule has 1 fully saturated rings. The Kier molecular flexibility index (Phi) is 5.21. The van der Waals surface area contributed by atoms with Gasteiger partial charge in [0, 0.05) is 21.1 Å². The van der Waals surface area contributed by atoms with Gasteiger partial charge in [-0.25, -0.2) is 4.79 Å². The monoisotopic (exact) mass is 403 g/mol. The minimum atomic E-state index is -0.458. The molecule has 2 rings (SSSR count). The molecule has 1 aromatic carbocycles. The number of benzene rings is 1. The molecule has 4 nitrogen and oxygen atoms in total. The van der Waals surface area contributed by atoms with E-state index in [1.807, 2.05) is 6.07 Å². The highest BCUT2D eigenvalue weighted by molar-refractivity contribution is 9.11. The van der Waals surface area contributed by atoms with Crippen LogP contribution in [0.25, 0.3) is 0 Å². The number of amides is 1. The van der Waals surface area contributed by atoms with E-state index in [1.165, 1.54) is 0 Å². The number of esters is 1. The number of nitrogens with zero attached hydrogens (tertiary/aromatic N) is 1. The fraction of sp³-hybridized carbons (Fsp3) is 0.429. The van der Waals surface area contributed by atoms with Gasteiger partial charge in [0.1, 0.15) is 6.04 Å². The fourth-order valence-electron chi connectivity index (χ4n) is 2.34. The molecule has 1 saturated heterocycles. The first kappa shape index (κ1) is 15.5. The predicted octanol–water partition coefficient (Wildman–Crippen LogP) is 3.38. The number of hydrogen-bond acceptors (Lipinski definition) is 3. The summed E-state index contributed by atoms with van der Waals surface area (Å²) in [6, 6.07) is 4.92. The minimum Gasteiger partial charge on any atom is -0.464 e. The van der Waals surface area contributed by atoms with Crippen LogP contribution in [0.4, 0.5) is 0 Å². The molecule has 0 spiro atoms. The highest BCUT2D eigenvalue weighted by Gasteiger charge is 2.35. The molecule has 1 aliphatic rings. The molecule has 20 heavy (non-hydrogen) atoms. The van der Waals surface area contributed by atoms with E-state index in [4.69, 9.17) is 4.74 Å². The van der Waals surface area contributed by atoms with Crippen molar-refractivity contribution in [1.82, 2.24) is 4.90 Å². The first-order valence-corrected chi connectivity index (χ1v) is 8.05. The molecule has 1 aromatic rings. The molecule has 1 heterocycles. The molecular formula is C14H15Br2NO3. The van der Waals surface area contributed by atoms with Crippen molar-refractivity contribution in [3.8, 4) is 0 Å². The quantitative estimate of drug-likeness (QED) is 0.725. The van der Waals surface area contributed by atoms with Crippen LogP contribution < -0.4 is 0 Å². The van der Waals surface area contributed by atoms with Gasteiger partial charge in [0.15, 0.2) is 0 Å². The van der Waals surface area contributed by atoms with Crippen molar-refractivity contribution in [2.45, 2.75) is 25.8 Å². The second-order valence-corrected chi connectivity index (χ2v) is 6.40. The van der Waals surface area contributed by atoms with Crippen LogP contribution in [-0.2, 0) is 9.53 Å². The summed E-state index contributed by atoms with van der Waals surface area (Å²) in [6.45, 7) is 2.69. The maximum absolute atomic E-state index is 12.5. The van der Waals surface area contributed by atoms with Crippen LogP contribution in [0.5, 0.6) is 0 Å². The van der Waals surface area contributed by atoms with Gasteiger partial charge in [0.2, 0.25) is 0 Å². The Morgan fingerprint density at radius 3 is 2.55 bits per heavy atom. The van der Waals surface area contributed by atoms with Gasteiger partial charge in [-0.05, 0) is 38.0 Å². The summed E-state index contributed by atoms with van der Waals surface area (Å²) in [5, 5.41) is 0. The van der Waals surface area contributed by atoms with Crippen LogP contribution >= 0.6 is 31.9 Å². The fourth-order valence-corrected chi connectivity index (χ4v) is 3.63. The molecule has 0 radical (unpaired) electrons. The van der Waals surface area contributed by atoms with Gasteiger partial charge in [-0.3, -0.25) is 4.79 Å². The lowest BCUT2D eigenvalue weighted by atomic mass is 10.1. The van der Waals surface area contributed by atoms with Crippen LogP contribution in [-0.4, -0.2) is 36.0 Å². The molecule has 0 aliphatic carbocycles. The van der Waals surface area contributed by atoms with E-state index in [0.29, 0.717) is 25.1 Å². The molecule has 1 amide bonds. The second-order valence-electron chi connectivity index (χ2n) is 4.57. The molecule has 1 unspecified atom stereocenters. The van der Waals surface area contributed by atoms with Gasteiger partial charge >= 0.3 is 5.97 Å². The third-order valence-corrected chi connectivity index (χ3v) is 4.10. The van der Waals surface area contributed by atoms with E-state index in [0.717, 1.165) is 15.4 Å². The average molecular weight is 405 g/mol. The Morgan fingerprint density at radius 1 is 1.30 bits per heavy atom. The van der Waals surface area contributed by atoms with Crippen LogP contribution in [0.1, 0.15) is 30.1 Å². The third kappa shape index (κ3) is 3.41. The Bertz CT molecular complexity index is 513. The van der Waals surface area contributed by atoms with Crippen LogP contribution in [0.15, 0.2) is 27.1 Å². The van der Waals surface area contributed by atoms with Crippen LogP contribution in [0.2, 0.25) is 0 Å². The third-order valence-electron chi connectivity index (χ3n) is 3.18. The number of hydrogen-bond donors (Lipinski definition) is 0. The largest absolute Gasteiger partial charge is 0.464 e. The van der Waals surface area contributed by atoms with E-state index in [9.17, 15) is 9.59 Å². The van der Waals surface area contributed by atoms with Crippen molar-refractivity contribution < 1.29 is 14.3 Å². The average Bonchev–Trinajstić information content (AvgIpc) is 2.86. The van der Waals surface area contributed by atoms with Gasteiger partial charge < -0.3 is 9.64 Å². The summed E-state index contributed by atoms with van der Waals surface area (Å²) < 4.78 is 6.68. The van der Waals surface area contributed by atoms with Gasteiger partial charge in [-0.2, -0.15) is 0 Å². The number of carbonyl (C=O) groups is 2. The number of carbonyl (C=O) groups excluding carboxylic acids is 2. The van der Waals surface area contributed by atoms with E-state index in [2.05, 4.69) is 31.9 Å². The number of halogens is 2. The van der Waals surface area contributed by atoms with E-state index >= 15 is 0 Å². The highest BCUT2D eigenvalue weighted by atomic mass is 79.9. The lowest BCUT2D eigenvalue weighted by Gasteiger charge is -2.23. The number of ether oxygens (including phenoxy) is 1. The molecule has 0 saturated carbocycles. The predicted molar refractivity (Wildman–Crippen MR) is 82.5 cm³/mol. The number of likely N-dealkylation sites (tertiary alicyclic amines) is 1.